The first-order chi connectivity index (χ1) is 16.3. The van der Waals surface area contributed by atoms with Gasteiger partial charge < -0.3 is 15.1 Å². The third-order valence-corrected chi connectivity index (χ3v) is 7.09. The lowest BCUT2D eigenvalue weighted by Gasteiger charge is -2.22. The minimum atomic E-state index is 0.341. The summed E-state index contributed by atoms with van der Waals surface area (Å²) in [6.45, 7) is 6.69. The Labute approximate surface area is 209 Å². The van der Waals surface area contributed by atoms with E-state index >= 15 is 0 Å². The van der Waals surface area contributed by atoms with Crippen LogP contribution in [0.3, 0.4) is 0 Å². The number of aliphatic hydroxyl groups excluding tert-OH is 2. The Kier molecular flexibility index (Phi) is 29.8. The maximum absolute atomic E-state index is 8.94. The maximum Gasteiger partial charge on any atom is 0.0431 e. The van der Waals surface area contributed by atoms with Crippen LogP contribution in [0.2, 0.25) is 0 Å². The Bertz CT molecular complexity index is 323. The van der Waals surface area contributed by atoms with Gasteiger partial charge in [-0.05, 0) is 51.7 Å². The Balaban J connectivity index is 3.54. The molecule has 0 aliphatic rings. The zero-order valence-corrected chi connectivity index (χ0v) is 22.8. The minimum absolute atomic E-state index is 0.341. The van der Waals surface area contributed by atoms with Crippen LogP contribution in [0.15, 0.2) is 0 Å². The number of hydrogen-bond donors (Lipinski definition) is 2. The highest BCUT2D eigenvalue weighted by Crippen LogP contribution is 2.14. The first-order valence-corrected chi connectivity index (χ1v) is 15.3. The second-order valence-corrected chi connectivity index (χ2v) is 10.4. The number of nitrogens with zero attached hydrogens (tertiary/aromatic N) is 1. The van der Waals surface area contributed by atoms with E-state index in [9.17, 15) is 0 Å². The van der Waals surface area contributed by atoms with Crippen LogP contribution in [-0.2, 0) is 0 Å². The highest BCUT2D eigenvalue weighted by molar-refractivity contribution is 4.60. The highest BCUT2D eigenvalue weighted by atomic mass is 16.3. The highest BCUT2D eigenvalue weighted by Gasteiger charge is 2.05. The van der Waals surface area contributed by atoms with Gasteiger partial charge in [0.05, 0.1) is 0 Å². The first kappa shape index (κ1) is 32.9. The van der Waals surface area contributed by atoms with Crippen molar-refractivity contribution in [2.24, 2.45) is 0 Å². The van der Waals surface area contributed by atoms with E-state index in [-0.39, 0.29) is 0 Å². The Morgan fingerprint density at radius 2 is 0.576 bits per heavy atom. The molecular formula is C30H63NO2. The fourth-order valence-electron chi connectivity index (χ4n) is 4.82. The molecule has 0 saturated carbocycles. The predicted molar refractivity (Wildman–Crippen MR) is 147 cm³/mol. The van der Waals surface area contributed by atoms with Crippen molar-refractivity contribution in [2.45, 2.75) is 161 Å². The van der Waals surface area contributed by atoms with E-state index < -0.39 is 0 Å². The van der Waals surface area contributed by atoms with Crippen molar-refractivity contribution in [3.63, 3.8) is 0 Å². The molecule has 33 heavy (non-hydrogen) atoms. The van der Waals surface area contributed by atoms with E-state index in [0.29, 0.717) is 13.2 Å². The molecule has 0 atom stereocenters. The molecule has 0 radical (unpaired) electrons. The normalized spacial score (nSPS) is 11.6. The number of aliphatic hydroxyl groups is 2. The molecule has 0 fully saturated rings. The Hall–Kier alpha value is -0.120. The average Bonchev–Trinajstić information content (AvgIpc) is 2.83. The van der Waals surface area contributed by atoms with Gasteiger partial charge in [0.15, 0.2) is 0 Å². The zero-order chi connectivity index (χ0) is 24.1. The van der Waals surface area contributed by atoms with E-state index in [2.05, 4.69) is 11.8 Å². The maximum atomic E-state index is 8.94. The van der Waals surface area contributed by atoms with E-state index in [4.69, 9.17) is 10.2 Å². The lowest BCUT2D eigenvalue weighted by Crippen LogP contribution is -2.27. The molecule has 0 unspecified atom stereocenters. The molecule has 0 amide bonds. The molecule has 2 N–H and O–H groups in total. The van der Waals surface area contributed by atoms with E-state index in [1.807, 2.05) is 0 Å². The second kappa shape index (κ2) is 29.9. The van der Waals surface area contributed by atoms with Crippen LogP contribution in [0.1, 0.15) is 161 Å². The smallest absolute Gasteiger partial charge is 0.0431 e. The van der Waals surface area contributed by atoms with Gasteiger partial charge in [-0.25, -0.2) is 0 Å². The minimum Gasteiger partial charge on any atom is -0.396 e. The van der Waals surface area contributed by atoms with Crippen LogP contribution < -0.4 is 0 Å². The van der Waals surface area contributed by atoms with E-state index in [0.717, 1.165) is 12.8 Å². The predicted octanol–water partition coefficient (Wildman–Crippen LogP) is 8.66. The van der Waals surface area contributed by atoms with Crippen LogP contribution in [0, 0.1) is 0 Å². The van der Waals surface area contributed by atoms with Gasteiger partial charge >= 0.3 is 0 Å². The molecule has 0 saturated heterocycles. The first-order valence-electron chi connectivity index (χ1n) is 15.3. The molecule has 0 aromatic heterocycles. The zero-order valence-electron chi connectivity index (χ0n) is 22.8. The molecule has 3 heteroatoms. The van der Waals surface area contributed by atoms with Gasteiger partial charge in [0.1, 0.15) is 0 Å². The molecule has 0 aliphatic heterocycles. The van der Waals surface area contributed by atoms with Crippen molar-refractivity contribution >= 4 is 0 Å². The van der Waals surface area contributed by atoms with Crippen molar-refractivity contribution in [1.29, 1.82) is 0 Å². The molecule has 3 nitrogen and oxygen atoms in total. The van der Waals surface area contributed by atoms with Crippen molar-refractivity contribution in [3.05, 3.63) is 0 Å². The summed E-state index contributed by atoms with van der Waals surface area (Å²) < 4.78 is 0. The number of rotatable bonds is 29. The van der Waals surface area contributed by atoms with Gasteiger partial charge in [-0.1, -0.05) is 129 Å². The molecule has 0 spiro atoms. The van der Waals surface area contributed by atoms with Crippen LogP contribution >= 0.6 is 0 Å². The monoisotopic (exact) mass is 469 g/mol. The molecule has 0 aromatic rings. The fourth-order valence-corrected chi connectivity index (χ4v) is 4.82. The van der Waals surface area contributed by atoms with Gasteiger partial charge in [-0.2, -0.15) is 0 Å². The second-order valence-electron chi connectivity index (χ2n) is 10.4. The Morgan fingerprint density at radius 1 is 0.333 bits per heavy atom. The van der Waals surface area contributed by atoms with Gasteiger partial charge in [0.25, 0.3) is 0 Å². The van der Waals surface area contributed by atoms with Crippen molar-refractivity contribution in [3.8, 4) is 0 Å². The van der Waals surface area contributed by atoms with Crippen molar-refractivity contribution in [2.75, 3.05) is 32.8 Å². The van der Waals surface area contributed by atoms with Crippen molar-refractivity contribution in [1.82, 2.24) is 4.90 Å². The summed E-state index contributed by atoms with van der Waals surface area (Å²) in [6.07, 6.45) is 32.2. The molecule has 0 aliphatic carbocycles. The van der Waals surface area contributed by atoms with Crippen LogP contribution in [-0.4, -0.2) is 48.0 Å². The third-order valence-electron chi connectivity index (χ3n) is 7.09. The Morgan fingerprint density at radius 3 is 0.848 bits per heavy atom. The van der Waals surface area contributed by atoms with Crippen LogP contribution in [0.25, 0.3) is 0 Å². The molecule has 0 bridgehead atoms. The number of unbranched alkanes of at least 4 members (excludes halogenated alkanes) is 21. The summed E-state index contributed by atoms with van der Waals surface area (Å²) in [5.41, 5.74) is 0. The van der Waals surface area contributed by atoms with Crippen LogP contribution in [0.4, 0.5) is 0 Å². The topological polar surface area (TPSA) is 43.7 Å². The molecule has 0 rings (SSSR count). The quantitative estimate of drug-likeness (QED) is 0.108. The van der Waals surface area contributed by atoms with Crippen molar-refractivity contribution < 1.29 is 10.2 Å². The lowest BCUT2D eigenvalue weighted by atomic mass is 10.0. The lowest BCUT2D eigenvalue weighted by molar-refractivity contribution is 0.246. The average molecular weight is 470 g/mol. The third kappa shape index (κ3) is 28.0. The fraction of sp³-hybridized carbons (Fsp3) is 1.00. The van der Waals surface area contributed by atoms with Crippen LogP contribution in [0.5, 0.6) is 0 Å². The summed E-state index contributed by atoms with van der Waals surface area (Å²) in [6, 6.07) is 0. The van der Waals surface area contributed by atoms with Gasteiger partial charge in [0, 0.05) is 13.2 Å². The van der Waals surface area contributed by atoms with Gasteiger partial charge in [0.2, 0.25) is 0 Å². The number of hydrogen-bond acceptors (Lipinski definition) is 3. The van der Waals surface area contributed by atoms with Gasteiger partial charge in [-0.15, -0.1) is 0 Å². The molecular weight excluding hydrogens is 406 g/mol. The molecule has 200 valence electrons. The summed E-state index contributed by atoms with van der Waals surface area (Å²) in [5, 5.41) is 17.9. The van der Waals surface area contributed by atoms with Gasteiger partial charge in [-0.3, -0.25) is 0 Å². The van der Waals surface area contributed by atoms with E-state index in [1.165, 1.54) is 161 Å². The summed E-state index contributed by atoms with van der Waals surface area (Å²) in [7, 11) is 0. The summed E-state index contributed by atoms with van der Waals surface area (Å²) in [5.74, 6) is 0. The standard InChI is InChI=1S/C30H63NO2/c1-2-3-4-5-6-7-8-9-10-11-12-13-14-15-16-21-26-31(27-22-17-19-24-29-32)28-23-18-20-25-30-33/h32-33H,2-30H2,1H3. The van der Waals surface area contributed by atoms with E-state index in [1.54, 1.807) is 0 Å². The largest absolute Gasteiger partial charge is 0.396 e. The summed E-state index contributed by atoms with van der Waals surface area (Å²) in [4.78, 5) is 2.68. The molecule has 0 aromatic carbocycles. The summed E-state index contributed by atoms with van der Waals surface area (Å²) >= 11 is 0. The SMILES string of the molecule is CCCCCCCCCCCCCCCCCCN(CCCCCCO)CCCCCCO. The molecule has 0 heterocycles.